The molecular formula is C12H25N3O3. The minimum absolute atomic E-state index is 0.0754. The molecule has 4 N–H and O–H groups in total. The molecule has 0 radical (unpaired) electrons. The van der Waals surface area contributed by atoms with Gasteiger partial charge in [0.15, 0.2) is 0 Å². The third-order valence-electron chi connectivity index (χ3n) is 2.85. The minimum atomic E-state index is -0.931. The summed E-state index contributed by atoms with van der Waals surface area (Å²) in [5.74, 6) is -1.20. The van der Waals surface area contributed by atoms with Crippen molar-refractivity contribution in [3.05, 3.63) is 0 Å². The standard InChI is InChI=1S/C12H25N3O3/c1-3-15(4-2)9-5-8-14-12(18)10(13)6-7-11(16)17/h10H,3-9,13H2,1-2H3,(H,14,18)(H,16,17). The van der Waals surface area contributed by atoms with Gasteiger partial charge in [0, 0.05) is 13.0 Å². The highest BCUT2D eigenvalue weighted by Crippen LogP contribution is 1.95. The summed E-state index contributed by atoms with van der Waals surface area (Å²) >= 11 is 0. The summed E-state index contributed by atoms with van der Waals surface area (Å²) in [5.41, 5.74) is 5.57. The highest BCUT2D eigenvalue weighted by atomic mass is 16.4. The van der Waals surface area contributed by atoms with E-state index in [4.69, 9.17) is 10.8 Å². The largest absolute Gasteiger partial charge is 0.481 e. The Morgan fingerprint density at radius 2 is 1.94 bits per heavy atom. The maximum absolute atomic E-state index is 11.5. The molecule has 18 heavy (non-hydrogen) atoms. The molecule has 0 aromatic heterocycles. The number of rotatable bonds is 10. The normalized spacial score (nSPS) is 12.4. The first-order chi connectivity index (χ1) is 8.51. The summed E-state index contributed by atoms with van der Waals surface area (Å²) in [6.45, 7) is 7.73. The van der Waals surface area contributed by atoms with Crippen molar-refractivity contribution in [1.29, 1.82) is 0 Å². The number of amides is 1. The van der Waals surface area contributed by atoms with Crippen LogP contribution in [0.4, 0.5) is 0 Å². The van der Waals surface area contributed by atoms with E-state index >= 15 is 0 Å². The van der Waals surface area contributed by atoms with Gasteiger partial charge in [-0.2, -0.15) is 0 Å². The van der Waals surface area contributed by atoms with Crippen molar-refractivity contribution in [2.24, 2.45) is 5.73 Å². The quantitative estimate of drug-likeness (QED) is 0.481. The molecule has 0 bridgehead atoms. The lowest BCUT2D eigenvalue weighted by Crippen LogP contribution is -2.41. The predicted octanol–water partition coefficient (Wildman–Crippen LogP) is 0.0266. The van der Waals surface area contributed by atoms with Crippen molar-refractivity contribution in [2.75, 3.05) is 26.2 Å². The van der Waals surface area contributed by atoms with Gasteiger partial charge in [-0.15, -0.1) is 0 Å². The molecule has 0 saturated carbocycles. The number of carboxylic acid groups (broad SMARTS) is 1. The van der Waals surface area contributed by atoms with E-state index in [1.165, 1.54) is 0 Å². The number of aliphatic carboxylic acids is 1. The first-order valence-electron chi connectivity index (χ1n) is 6.48. The third kappa shape index (κ3) is 8.03. The van der Waals surface area contributed by atoms with Gasteiger partial charge in [0.25, 0.3) is 0 Å². The number of carbonyl (C=O) groups is 2. The SMILES string of the molecule is CCN(CC)CCCNC(=O)C(N)CCC(=O)O. The van der Waals surface area contributed by atoms with E-state index in [1.54, 1.807) is 0 Å². The van der Waals surface area contributed by atoms with Crippen LogP contribution >= 0.6 is 0 Å². The van der Waals surface area contributed by atoms with Gasteiger partial charge in [-0.25, -0.2) is 0 Å². The van der Waals surface area contributed by atoms with Crippen LogP contribution in [0.5, 0.6) is 0 Å². The molecule has 1 atom stereocenters. The van der Waals surface area contributed by atoms with Gasteiger partial charge < -0.3 is 21.1 Å². The molecule has 0 rings (SSSR count). The zero-order valence-electron chi connectivity index (χ0n) is 11.3. The Morgan fingerprint density at radius 3 is 2.44 bits per heavy atom. The van der Waals surface area contributed by atoms with E-state index in [-0.39, 0.29) is 18.7 Å². The van der Waals surface area contributed by atoms with Gasteiger partial charge >= 0.3 is 5.97 Å². The number of carboxylic acids is 1. The third-order valence-corrected chi connectivity index (χ3v) is 2.85. The van der Waals surface area contributed by atoms with Gasteiger partial charge in [-0.05, 0) is 32.5 Å². The average Bonchev–Trinajstić information content (AvgIpc) is 2.35. The van der Waals surface area contributed by atoms with Crippen molar-refractivity contribution in [3.63, 3.8) is 0 Å². The molecule has 0 aliphatic heterocycles. The fraction of sp³-hybridized carbons (Fsp3) is 0.833. The zero-order valence-corrected chi connectivity index (χ0v) is 11.3. The molecule has 1 unspecified atom stereocenters. The maximum atomic E-state index is 11.5. The molecule has 106 valence electrons. The van der Waals surface area contributed by atoms with E-state index in [9.17, 15) is 9.59 Å². The van der Waals surface area contributed by atoms with Gasteiger partial charge in [-0.1, -0.05) is 13.8 Å². The number of carbonyl (C=O) groups excluding carboxylic acids is 1. The fourth-order valence-electron chi connectivity index (χ4n) is 1.60. The molecule has 0 aromatic carbocycles. The van der Waals surface area contributed by atoms with Crippen LogP contribution in [0.25, 0.3) is 0 Å². The summed E-state index contributed by atoms with van der Waals surface area (Å²) in [6.07, 6.45) is 0.977. The number of hydrogen-bond donors (Lipinski definition) is 3. The van der Waals surface area contributed by atoms with E-state index < -0.39 is 12.0 Å². The molecule has 0 aliphatic carbocycles. The fourth-order valence-corrected chi connectivity index (χ4v) is 1.60. The van der Waals surface area contributed by atoms with Crippen LogP contribution in [-0.2, 0) is 9.59 Å². The Kier molecular flexibility index (Phi) is 9.22. The van der Waals surface area contributed by atoms with Crippen molar-refractivity contribution < 1.29 is 14.7 Å². The van der Waals surface area contributed by atoms with Crippen LogP contribution in [0.3, 0.4) is 0 Å². The second-order valence-electron chi connectivity index (χ2n) is 4.21. The van der Waals surface area contributed by atoms with Crippen molar-refractivity contribution in [3.8, 4) is 0 Å². The van der Waals surface area contributed by atoms with E-state index in [1.807, 2.05) is 0 Å². The van der Waals surface area contributed by atoms with Crippen LogP contribution in [0, 0.1) is 0 Å². The van der Waals surface area contributed by atoms with Crippen LogP contribution in [0.1, 0.15) is 33.1 Å². The van der Waals surface area contributed by atoms with Gasteiger partial charge in [0.05, 0.1) is 6.04 Å². The van der Waals surface area contributed by atoms with Crippen molar-refractivity contribution in [1.82, 2.24) is 10.2 Å². The van der Waals surface area contributed by atoms with Crippen LogP contribution in [0.2, 0.25) is 0 Å². The Balaban J connectivity index is 3.66. The van der Waals surface area contributed by atoms with E-state index in [0.29, 0.717) is 6.54 Å². The van der Waals surface area contributed by atoms with Crippen LogP contribution < -0.4 is 11.1 Å². The van der Waals surface area contributed by atoms with Crippen molar-refractivity contribution in [2.45, 2.75) is 39.2 Å². The average molecular weight is 259 g/mol. The lowest BCUT2D eigenvalue weighted by molar-refractivity contribution is -0.137. The summed E-state index contributed by atoms with van der Waals surface area (Å²) in [7, 11) is 0. The van der Waals surface area contributed by atoms with Crippen LogP contribution in [0.15, 0.2) is 0 Å². The summed E-state index contributed by atoms with van der Waals surface area (Å²) in [4.78, 5) is 24.1. The highest BCUT2D eigenvalue weighted by molar-refractivity contribution is 5.82. The Labute approximate surface area is 109 Å². The Hall–Kier alpha value is -1.14. The lowest BCUT2D eigenvalue weighted by Gasteiger charge is -2.18. The Bertz CT molecular complexity index is 255. The van der Waals surface area contributed by atoms with Crippen molar-refractivity contribution >= 4 is 11.9 Å². The lowest BCUT2D eigenvalue weighted by atomic mass is 10.1. The number of hydrogen-bond acceptors (Lipinski definition) is 4. The smallest absolute Gasteiger partial charge is 0.303 e. The molecule has 0 heterocycles. The molecule has 6 heteroatoms. The number of nitrogens with two attached hydrogens (primary N) is 1. The first kappa shape index (κ1) is 16.9. The molecule has 0 aliphatic rings. The molecule has 0 fully saturated rings. The minimum Gasteiger partial charge on any atom is -0.481 e. The number of nitrogens with one attached hydrogen (secondary N) is 1. The van der Waals surface area contributed by atoms with E-state index in [0.717, 1.165) is 26.1 Å². The van der Waals surface area contributed by atoms with Gasteiger partial charge in [0.2, 0.25) is 5.91 Å². The highest BCUT2D eigenvalue weighted by Gasteiger charge is 2.14. The summed E-state index contributed by atoms with van der Waals surface area (Å²) in [6, 6.07) is -0.727. The van der Waals surface area contributed by atoms with Crippen LogP contribution in [-0.4, -0.2) is 54.1 Å². The molecule has 0 aromatic rings. The summed E-state index contributed by atoms with van der Waals surface area (Å²) < 4.78 is 0. The summed E-state index contributed by atoms with van der Waals surface area (Å²) in [5, 5.41) is 11.2. The monoisotopic (exact) mass is 259 g/mol. The zero-order chi connectivity index (χ0) is 14.0. The topological polar surface area (TPSA) is 95.7 Å². The molecule has 0 saturated heterocycles. The molecular weight excluding hydrogens is 234 g/mol. The van der Waals surface area contributed by atoms with Gasteiger partial charge in [-0.3, -0.25) is 9.59 Å². The maximum Gasteiger partial charge on any atom is 0.303 e. The molecule has 0 spiro atoms. The number of nitrogens with zero attached hydrogens (tertiary/aromatic N) is 1. The predicted molar refractivity (Wildman–Crippen MR) is 70.3 cm³/mol. The van der Waals surface area contributed by atoms with E-state index in [2.05, 4.69) is 24.1 Å². The molecule has 1 amide bonds. The molecule has 6 nitrogen and oxygen atoms in total. The Morgan fingerprint density at radius 1 is 1.33 bits per heavy atom. The van der Waals surface area contributed by atoms with Gasteiger partial charge in [0.1, 0.15) is 0 Å². The first-order valence-corrected chi connectivity index (χ1v) is 6.48. The second kappa shape index (κ2) is 9.85. The second-order valence-corrected chi connectivity index (χ2v) is 4.21.